The molecule has 0 radical (unpaired) electrons. The Morgan fingerprint density at radius 1 is 1.31 bits per heavy atom. The summed E-state index contributed by atoms with van der Waals surface area (Å²) in [7, 11) is 3.63. The number of H-pyrrole nitrogens is 1. The van der Waals surface area contributed by atoms with Gasteiger partial charge in [0.15, 0.2) is 0 Å². The van der Waals surface area contributed by atoms with Gasteiger partial charge in [0.05, 0.1) is 11.9 Å². The lowest BCUT2D eigenvalue weighted by molar-refractivity contribution is -0.113. The predicted molar refractivity (Wildman–Crippen MR) is 120 cm³/mol. The highest BCUT2D eigenvalue weighted by molar-refractivity contribution is 9.10. The first kappa shape index (κ1) is 19.1. The molecular formula is C22H20BrN5O. The summed E-state index contributed by atoms with van der Waals surface area (Å²) in [6, 6.07) is 7.90. The highest BCUT2D eigenvalue weighted by Crippen LogP contribution is 2.41. The van der Waals surface area contributed by atoms with Crippen molar-refractivity contribution in [3.63, 3.8) is 0 Å². The first-order chi connectivity index (χ1) is 13.9. The number of rotatable bonds is 4. The Bertz CT molecular complexity index is 1250. The lowest BCUT2D eigenvalue weighted by Crippen LogP contribution is -2.23. The Balaban J connectivity index is 2.01. The summed E-state index contributed by atoms with van der Waals surface area (Å²) in [5.41, 5.74) is 6.62. The average Bonchev–Trinajstić information content (AvgIpc) is 3.33. The molecule has 0 aliphatic heterocycles. The second kappa shape index (κ2) is 7.33. The minimum absolute atomic E-state index is 0.158. The van der Waals surface area contributed by atoms with Gasteiger partial charge in [0, 0.05) is 53.2 Å². The number of hydrogen-bond donors (Lipinski definition) is 1. The molecule has 3 heterocycles. The van der Waals surface area contributed by atoms with Crippen LogP contribution in [-0.4, -0.2) is 32.7 Å². The number of carbonyl (C=O) groups excluding carboxylic acids is 1. The third-order valence-corrected chi connectivity index (χ3v) is 5.84. The third-order valence-electron chi connectivity index (χ3n) is 5.04. The fourth-order valence-corrected chi connectivity index (χ4v) is 3.78. The minimum Gasteiger partial charge on any atom is -0.339 e. The fourth-order valence-electron chi connectivity index (χ4n) is 3.48. The van der Waals surface area contributed by atoms with Crippen molar-refractivity contribution < 1.29 is 4.79 Å². The molecule has 1 amide bonds. The summed E-state index contributed by atoms with van der Waals surface area (Å²) in [6.45, 7) is 5.64. The Labute approximate surface area is 177 Å². The molecule has 146 valence electrons. The maximum Gasteiger partial charge on any atom is 0.250 e. The van der Waals surface area contributed by atoms with Gasteiger partial charge in [0.25, 0.3) is 0 Å². The number of halogens is 1. The van der Waals surface area contributed by atoms with Crippen LogP contribution < -0.4 is 4.90 Å². The molecule has 0 bridgehead atoms. The number of pyridine rings is 1. The number of anilines is 1. The maximum absolute atomic E-state index is 12.1. The molecule has 0 aliphatic rings. The number of fused-ring (bicyclic) bond motifs is 1. The van der Waals surface area contributed by atoms with Gasteiger partial charge in [-0.15, -0.1) is 0 Å². The van der Waals surface area contributed by atoms with Crippen LogP contribution in [-0.2, 0) is 11.8 Å². The lowest BCUT2D eigenvalue weighted by atomic mass is 9.97. The van der Waals surface area contributed by atoms with E-state index in [1.807, 2.05) is 43.7 Å². The van der Waals surface area contributed by atoms with E-state index >= 15 is 0 Å². The number of benzene rings is 1. The van der Waals surface area contributed by atoms with Crippen LogP contribution in [0.15, 0.2) is 60.0 Å². The fraction of sp³-hybridized carbons (Fsp3) is 0.136. The predicted octanol–water partition coefficient (Wildman–Crippen LogP) is 4.85. The summed E-state index contributed by atoms with van der Waals surface area (Å²) in [5, 5.41) is 5.36. The highest BCUT2D eigenvalue weighted by Gasteiger charge is 2.20. The Morgan fingerprint density at radius 3 is 2.79 bits per heavy atom. The molecule has 0 aliphatic carbocycles. The Kier molecular flexibility index (Phi) is 4.84. The molecule has 3 aromatic heterocycles. The highest BCUT2D eigenvalue weighted by atomic mass is 79.9. The van der Waals surface area contributed by atoms with Gasteiger partial charge >= 0.3 is 0 Å². The number of hydrogen-bond acceptors (Lipinski definition) is 3. The van der Waals surface area contributed by atoms with Gasteiger partial charge in [0.2, 0.25) is 5.91 Å². The van der Waals surface area contributed by atoms with Crippen molar-refractivity contribution in [1.29, 1.82) is 0 Å². The molecular weight excluding hydrogens is 430 g/mol. The number of carbonyl (C=O) groups is 1. The third kappa shape index (κ3) is 3.27. The zero-order valence-corrected chi connectivity index (χ0v) is 18.0. The normalized spacial score (nSPS) is 11.0. The minimum atomic E-state index is -0.158. The van der Waals surface area contributed by atoms with Gasteiger partial charge in [-0.1, -0.05) is 18.7 Å². The first-order valence-corrected chi connectivity index (χ1v) is 9.86. The molecule has 6 nitrogen and oxygen atoms in total. The Hall–Kier alpha value is -3.19. The average molecular weight is 450 g/mol. The number of aromatic nitrogens is 4. The summed E-state index contributed by atoms with van der Waals surface area (Å²) in [5.74, 6) is -0.158. The van der Waals surface area contributed by atoms with Crippen LogP contribution in [0.1, 0.15) is 5.56 Å². The number of amides is 1. The Morgan fingerprint density at radius 2 is 2.10 bits per heavy atom. The van der Waals surface area contributed by atoms with Crippen molar-refractivity contribution in [2.75, 3.05) is 11.9 Å². The molecule has 0 saturated carbocycles. The molecule has 1 aromatic carbocycles. The standard InChI is InChI=1S/C22H20BrN5O/c1-5-18(29)28(4)16-8-6-7-14(9-16)20-19-13(2)17(23)11-24-22(19)26-21(20)15-10-25-27(3)12-15/h5-12H,1H2,2-4H3,(H,24,26). The van der Waals surface area contributed by atoms with Crippen LogP contribution in [0.4, 0.5) is 5.69 Å². The number of nitrogens with one attached hydrogen (secondary N) is 1. The van der Waals surface area contributed by atoms with E-state index in [0.29, 0.717) is 0 Å². The van der Waals surface area contributed by atoms with Gasteiger partial charge in [-0.25, -0.2) is 4.98 Å². The van der Waals surface area contributed by atoms with E-state index in [2.05, 4.69) is 44.5 Å². The van der Waals surface area contributed by atoms with Crippen molar-refractivity contribution in [3.05, 3.63) is 65.5 Å². The molecule has 1 N–H and O–H groups in total. The van der Waals surface area contributed by atoms with Gasteiger partial charge in [0.1, 0.15) is 5.65 Å². The number of aromatic amines is 1. The first-order valence-electron chi connectivity index (χ1n) is 9.07. The van der Waals surface area contributed by atoms with Crippen LogP contribution in [0, 0.1) is 6.92 Å². The van der Waals surface area contributed by atoms with Gasteiger partial charge in [-0.05, 0) is 52.2 Å². The van der Waals surface area contributed by atoms with E-state index in [-0.39, 0.29) is 5.91 Å². The molecule has 29 heavy (non-hydrogen) atoms. The number of likely N-dealkylation sites (N-methyl/N-ethyl adjacent to an activating group) is 1. The quantitative estimate of drug-likeness (QED) is 0.452. The number of aryl methyl sites for hydroxylation is 2. The van der Waals surface area contributed by atoms with Gasteiger partial charge in [-0.3, -0.25) is 9.48 Å². The summed E-state index contributed by atoms with van der Waals surface area (Å²) in [6.07, 6.45) is 6.91. The summed E-state index contributed by atoms with van der Waals surface area (Å²) in [4.78, 5) is 21.7. The molecule has 0 unspecified atom stereocenters. The topological polar surface area (TPSA) is 66.8 Å². The van der Waals surface area contributed by atoms with Gasteiger partial charge < -0.3 is 9.88 Å². The van der Waals surface area contributed by atoms with E-state index in [1.165, 1.54) is 6.08 Å². The van der Waals surface area contributed by atoms with E-state index < -0.39 is 0 Å². The largest absolute Gasteiger partial charge is 0.339 e. The SMILES string of the molecule is C=CC(=O)N(C)c1cccc(-c2c(-c3cnn(C)c3)[nH]c3ncc(Br)c(C)c23)c1. The lowest BCUT2D eigenvalue weighted by Gasteiger charge is -2.16. The number of nitrogens with zero attached hydrogens (tertiary/aromatic N) is 4. The van der Waals surface area contributed by atoms with Crippen molar-refractivity contribution >= 4 is 38.6 Å². The zero-order chi connectivity index (χ0) is 20.7. The van der Waals surface area contributed by atoms with Crippen LogP contribution in [0.25, 0.3) is 33.4 Å². The van der Waals surface area contributed by atoms with E-state index in [0.717, 1.165) is 49.1 Å². The molecule has 0 spiro atoms. The smallest absolute Gasteiger partial charge is 0.250 e. The van der Waals surface area contributed by atoms with Crippen LogP contribution in [0.5, 0.6) is 0 Å². The summed E-state index contributed by atoms with van der Waals surface area (Å²) >= 11 is 3.60. The van der Waals surface area contributed by atoms with Crippen molar-refractivity contribution in [2.24, 2.45) is 7.05 Å². The molecule has 4 rings (SSSR count). The zero-order valence-electron chi connectivity index (χ0n) is 16.4. The van der Waals surface area contributed by atoms with E-state index in [9.17, 15) is 4.79 Å². The van der Waals surface area contributed by atoms with Gasteiger partial charge in [-0.2, -0.15) is 5.10 Å². The molecule has 0 atom stereocenters. The van der Waals surface area contributed by atoms with Crippen molar-refractivity contribution in [1.82, 2.24) is 19.7 Å². The second-order valence-corrected chi connectivity index (χ2v) is 7.74. The molecule has 0 fully saturated rings. The van der Waals surface area contributed by atoms with Crippen molar-refractivity contribution in [2.45, 2.75) is 6.92 Å². The van der Waals surface area contributed by atoms with Crippen LogP contribution >= 0.6 is 15.9 Å². The van der Waals surface area contributed by atoms with Crippen LogP contribution in [0.2, 0.25) is 0 Å². The van der Waals surface area contributed by atoms with E-state index in [4.69, 9.17) is 0 Å². The molecule has 0 saturated heterocycles. The maximum atomic E-state index is 12.1. The van der Waals surface area contributed by atoms with Crippen molar-refractivity contribution in [3.8, 4) is 22.4 Å². The van der Waals surface area contributed by atoms with E-state index in [1.54, 1.807) is 22.8 Å². The van der Waals surface area contributed by atoms with Crippen LogP contribution in [0.3, 0.4) is 0 Å². The second-order valence-electron chi connectivity index (χ2n) is 6.88. The molecule has 7 heteroatoms. The monoisotopic (exact) mass is 449 g/mol. The summed E-state index contributed by atoms with van der Waals surface area (Å²) < 4.78 is 2.71. The molecule has 4 aromatic rings.